The number of H-pyrrole nitrogens is 1. The Bertz CT molecular complexity index is 586. The molecule has 4 nitrogen and oxygen atoms in total. The maximum absolute atomic E-state index is 12.1. The molecular formula is C15H21N3O. The minimum absolute atomic E-state index is 0.00817. The number of carbonyl (C=O) groups is 1. The summed E-state index contributed by atoms with van der Waals surface area (Å²) in [7, 11) is 0. The predicted octanol–water partition coefficient (Wildman–Crippen LogP) is 3.61. The molecule has 1 heterocycles. The van der Waals surface area contributed by atoms with Gasteiger partial charge >= 0.3 is 0 Å². The van der Waals surface area contributed by atoms with Crippen LogP contribution in [0.3, 0.4) is 0 Å². The molecule has 2 rings (SSSR count). The van der Waals surface area contributed by atoms with Gasteiger partial charge in [0.2, 0.25) is 5.78 Å². The van der Waals surface area contributed by atoms with Crippen LogP contribution in [-0.2, 0) is 0 Å². The second-order valence-electron chi connectivity index (χ2n) is 5.29. The summed E-state index contributed by atoms with van der Waals surface area (Å²) >= 11 is 0. The smallest absolute Gasteiger partial charge is 0.200 e. The lowest BCUT2D eigenvalue weighted by Crippen LogP contribution is -2.11. The van der Waals surface area contributed by atoms with Crippen LogP contribution < -0.4 is 5.32 Å². The van der Waals surface area contributed by atoms with Gasteiger partial charge in [-0.15, -0.1) is 0 Å². The highest BCUT2D eigenvalue weighted by atomic mass is 16.1. The van der Waals surface area contributed by atoms with E-state index >= 15 is 0 Å². The maximum Gasteiger partial charge on any atom is 0.200 e. The summed E-state index contributed by atoms with van der Waals surface area (Å²) in [5.74, 6) is 0.553. The molecule has 1 atom stereocenters. The molecule has 0 saturated heterocycles. The Balaban J connectivity index is 2.32. The van der Waals surface area contributed by atoms with Crippen molar-refractivity contribution >= 4 is 22.5 Å². The number of hydrogen-bond donors (Lipinski definition) is 2. The fourth-order valence-electron chi connectivity index (χ4n) is 1.96. The number of nitrogens with zero attached hydrogens (tertiary/aromatic N) is 1. The van der Waals surface area contributed by atoms with E-state index in [4.69, 9.17) is 0 Å². The molecular weight excluding hydrogens is 238 g/mol. The van der Waals surface area contributed by atoms with Gasteiger partial charge in [0.25, 0.3) is 0 Å². The van der Waals surface area contributed by atoms with Gasteiger partial charge in [0.1, 0.15) is 0 Å². The summed E-state index contributed by atoms with van der Waals surface area (Å²) in [6, 6.07) is 6.30. The van der Waals surface area contributed by atoms with E-state index in [1.807, 2.05) is 32.0 Å². The van der Waals surface area contributed by atoms with Crippen LogP contribution in [0.15, 0.2) is 18.2 Å². The number of carbonyl (C=O) groups excluding carboxylic acids is 1. The van der Waals surface area contributed by atoms with Gasteiger partial charge in [-0.1, -0.05) is 13.8 Å². The third-order valence-corrected chi connectivity index (χ3v) is 3.23. The Morgan fingerprint density at radius 3 is 2.74 bits per heavy atom. The molecule has 2 aromatic rings. The van der Waals surface area contributed by atoms with Gasteiger partial charge in [-0.25, -0.2) is 4.98 Å². The standard InChI is InChI=1S/C15H21N3O/c1-5-10(4)14(19)15-17-12-7-6-11(16-9(2)3)8-13(12)18-15/h6-10,16H,5H2,1-4H3,(H,17,18). The van der Waals surface area contributed by atoms with Gasteiger partial charge < -0.3 is 10.3 Å². The molecule has 0 amide bonds. The second kappa shape index (κ2) is 5.43. The molecule has 0 spiro atoms. The normalized spacial score (nSPS) is 12.9. The molecule has 0 bridgehead atoms. The fourth-order valence-corrected chi connectivity index (χ4v) is 1.96. The Morgan fingerprint density at radius 1 is 1.37 bits per heavy atom. The summed E-state index contributed by atoms with van der Waals surface area (Å²) in [6.07, 6.45) is 0.829. The molecule has 4 heteroatoms. The summed E-state index contributed by atoms with van der Waals surface area (Å²) in [5, 5.41) is 3.33. The van der Waals surface area contributed by atoms with Gasteiger partial charge in [0.05, 0.1) is 11.0 Å². The number of imidazole rings is 1. The molecule has 1 aromatic carbocycles. The molecule has 19 heavy (non-hydrogen) atoms. The van der Waals surface area contributed by atoms with Crippen molar-refractivity contribution in [3.8, 4) is 0 Å². The predicted molar refractivity (Wildman–Crippen MR) is 78.6 cm³/mol. The van der Waals surface area contributed by atoms with Gasteiger partial charge in [0.15, 0.2) is 5.82 Å². The molecule has 0 aliphatic heterocycles. The molecule has 102 valence electrons. The maximum atomic E-state index is 12.1. The van der Waals surface area contributed by atoms with Gasteiger partial charge in [0, 0.05) is 17.6 Å². The van der Waals surface area contributed by atoms with Crippen LogP contribution in [-0.4, -0.2) is 21.8 Å². The highest BCUT2D eigenvalue weighted by Gasteiger charge is 2.17. The van der Waals surface area contributed by atoms with E-state index in [0.29, 0.717) is 11.9 Å². The minimum Gasteiger partial charge on any atom is -0.383 e. The van der Waals surface area contributed by atoms with Crippen molar-refractivity contribution in [2.75, 3.05) is 5.32 Å². The van der Waals surface area contributed by atoms with Crippen molar-refractivity contribution in [3.05, 3.63) is 24.0 Å². The largest absolute Gasteiger partial charge is 0.383 e. The number of rotatable bonds is 5. The Morgan fingerprint density at radius 2 is 2.11 bits per heavy atom. The summed E-state index contributed by atoms with van der Waals surface area (Å²) in [4.78, 5) is 19.6. The zero-order valence-corrected chi connectivity index (χ0v) is 11.9. The van der Waals surface area contributed by atoms with Crippen LogP contribution in [0.25, 0.3) is 11.0 Å². The number of fused-ring (bicyclic) bond motifs is 1. The van der Waals surface area contributed by atoms with Crippen LogP contribution in [0.1, 0.15) is 44.7 Å². The quantitative estimate of drug-likeness (QED) is 0.806. The zero-order valence-electron chi connectivity index (χ0n) is 11.9. The third kappa shape index (κ3) is 2.95. The first-order valence-corrected chi connectivity index (χ1v) is 6.81. The first kappa shape index (κ1) is 13.6. The van der Waals surface area contributed by atoms with Crippen molar-refractivity contribution in [2.45, 2.75) is 40.2 Å². The van der Waals surface area contributed by atoms with E-state index < -0.39 is 0 Å². The third-order valence-electron chi connectivity index (χ3n) is 3.23. The Labute approximate surface area is 113 Å². The Kier molecular flexibility index (Phi) is 3.88. The molecule has 1 unspecified atom stereocenters. The Hall–Kier alpha value is -1.84. The average Bonchev–Trinajstić information content (AvgIpc) is 2.79. The molecule has 2 N–H and O–H groups in total. The van der Waals surface area contributed by atoms with Crippen molar-refractivity contribution in [1.82, 2.24) is 9.97 Å². The van der Waals surface area contributed by atoms with Crippen LogP contribution in [0.4, 0.5) is 5.69 Å². The molecule has 1 aromatic heterocycles. The molecule has 0 aliphatic rings. The van der Waals surface area contributed by atoms with Crippen LogP contribution in [0.2, 0.25) is 0 Å². The van der Waals surface area contributed by atoms with Crippen molar-refractivity contribution in [2.24, 2.45) is 5.92 Å². The van der Waals surface area contributed by atoms with Crippen LogP contribution in [0.5, 0.6) is 0 Å². The highest BCUT2D eigenvalue weighted by molar-refractivity contribution is 5.97. The molecule has 0 saturated carbocycles. The second-order valence-corrected chi connectivity index (χ2v) is 5.29. The first-order valence-electron chi connectivity index (χ1n) is 6.81. The number of Topliss-reactive ketones (excluding diaryl/α,β-unsaturated/α-hetero) is 1. The summed E-state index contributed by atoms with van der Waals surface area (Å²) < 4.78 is 0. The van der Waals surface area contributed by atoms with E-state index in [0.717, 1.165) is 23.1 Å². The van der Waals surface area contributed by atoms with Crippen LogP contribution >= 0.6 is 0 Å². The summed E-state index contributed by atoms with van der Waals surface area (Å²) in [5.41, 5.74) is 2.76. The SMILES string of the molecule is CCC(C)C(=O)c1nc2cc(NC(C)C)ccc2[nH]1. The van der Waals surface area contributed by atoms with Gasteiger partial charge in [-0.2, -0.15) is 0 Å². The minimum atomic E-state index is 0.00817. The lowest BCUT2D eigenvalue weighted by atomic mass is 10.0. The van der Waals surface area contributed by atoms with Gasteiger partial charge in [-0.05, 0) is 38.5 Å². The zero-order chi connectivity index (χ0) is 14.0. The first-order chi connectivity index (χ1) is 9.01. The molecule has 0 fully saturated rings. The topological polar surface area (TPSA) is 57.8 Å². The number of benzene rings is 1. The number of hydrogen-bond acceptors (Lipinski definition) is 3. The summed E-state index contributed by atoms with van der Waals surface area (Å²) in [6.45, 7) is 8.12. The van der Waals surface area contributed by atoms with E-state index in [2.05, 4.69) is 29.1 Å². The number of ketones is 1. The lowest BCUT2D eigenvalue weighted by Gasteiger charge is -2.08. The van der Waals surface area contributed by atoms with Crippen LogP contribution in [0, 0.1) is 5.92 Å². The highest BCUT2D eigenvalue weighted by Crippen LogP contribution is 2.19. The van der Waals surface area contributed by atoms with Crippen molar-refractivity contribution in [3.63, 3.8) is 0 Å². The molecule has 0 aliphatic carbocycles. The monoisotopic (exact) mass is 259 g/mol. The number of aromatic nitrogens is 2. The van der Waals surface area contributed by atoms with E-state index in [-0.39, 0.29) is 11.7 Å². The van der Waals surface area contributed by atoms with Crippen molar-refractivity contribution in [1.29, 1.82) is 0 Å². The fraction of sp³-hybridized carbons (Fsp3) is 0.467. The molecule has 0 radical (unpaired) electrons. The van der Waals surface area contributed by atoms with Crippen molar-refractivity contribution < 1.29 is 4.79 Å². The van der Waals surface area contributed by atoms with E-state index in [1.54, 1.807) is 0 Å². The number of nitrogens with one attached hydrogen (secondary N) is 2. The van der Waals surface area contributed by atoms with Gasteiger partial charge in [-0.3, -0.25) is 4.79 Å². The van der Waals surface area contributed by atoms with E-state index in [9.17, 15) is 4.79 Å². The number of aromatic amines is 1. The van der Waals surface area contributed by atoms with E-state index in [1.165, 1.54) is 0 Å². The lowest BCUT2D eigenvalue weighted by molar-refractivity contribution is 0.0918. The number of anilines is 1. The average molecular weight is 259 g/mol.